The van der Waals surface area contributed by atoms with Gasteiger partial charge in [-0.05, 0) is 36.2 Å². The molecule has 1 aliphatic rings. The van der Waals surface area contributed by atoms with Crippen LogP contribution in [0.2, 0.25) is 0 Å². The van der Waals surface area contributed by atoms with Gasteiger partial charge in [0.2, 0.25) is 0 Å². The highest BCUT2D eigenvalue weighted by molar-refractivity contribution is 7.11. The molecule has 0 aliphatic carbocycles. The van der Waals surface area contributed by atoms with E-state index in [1.54, 1.807) is 21.3 Å². The highest BCUT2D eigenvalue weighted by atomic mass is 32.1. The molecule has 4 rings (SSSR count). The molecule has 0 unspecified atom stereocenters. The third kappa shape index (κ3) is 4.13. The fourth-order valence-electron chi connectivity index (χ4n) is 3.74. The Balaban J connectivity index is 1.53. The molecule has 3 aromatic rings. The lowest BCUT2D eigenvalue weighted by molar-refractivity contribution is 0.349. The molecule has 1 aromatic heterocycles. The number of hydrogen-bond donors (Lipinski definition) is 2. The Bertz CT molecular complexity index is 1170. The minimum atomic E-state index is 0.161. The first-order chi connectivity index (χ1) is 15.5. The molecule has 8 heteroatoms. The van der Waals surface area contributed by atoms with Gasteiger partial charge in [0, 0.05) is 17.5 Å². The number of methoxy groups -OCH3 is 3. The quantitative estimate of drug-likeness (QED) is 0.519. The highest BCUT2D eigenvalue weighted by Gasteiger charge is 2.30. The van der Waals surface area contributed by atoms with E-state index in [0.717, 1.165) is 16.9 Å². The Labute approximate surface area is 191 Å². The summed E-state index contributed by atoms with van der Waals surface area (Å²) in [5.74, 6) is 2.64. The third-order valence-corrected chi connectivity index (χ3v) is 6.29. The molecule has 7 nitrogen and oxygen atoms in total. The van der Waals surface area contributed by atoms with E-state index < -0.39 is 0 Å². The Hall–Kier alpha value is -3.52. The number of nitrogens with zero attached hydrogens (tertiary/aromatic N) is 2. The van der Waals surface area contributed by atoms with Crippen LogP contribution in [0.4, 0.5) is 0 Å². The normalized spacial score (nSPS) is 13.6. The molecule has 0 saturated carbocycles. The number of hydrogen-bond acceptors (Lipinski definition) is 7. The Morgan fingerprint density at radius 3 is 2.59 bits per heavy atom. The van der Waals surface area contributed by atoms with Crippen molar-refractivity contribution in [3.8, 4) is 28.5 Å². The molecule has 32 heavy (non-hydrogen) atoms. The maximum Gasteiger partial charge on any atom is 0.135 e. The van der Waals surface area contributed by atoms with Crippen LogP contribution in [0.1, 0.15) is 10.6 Å². The van der Waals surface area contributed by atoms with E-state index in [4.69, 9.17) is 24.6 Å². The average molecular weight is 452 g/mol. The first-order valence-corrected chi connectivity index (χ1v) is 11.0. The standard InChI is InChI=1S/C24H25N3O4S/c1-29-16-8-9-21(31-3)17(12-16)18-14-32-24(26-18)22-19(28)13-27(23(22)25)11-10-15-6-4-5-7-20(15)30-2/h4-9,12,14,25,28H,10-11,13H2,1-3H3. The van der Waals surface area contributed by atoms with Crippen LogP contribution >= 0.6 is 11.3 Å². The first kappa shape index (κ1) is 21.7. The number of aliphatic hydroxyl groups excluding tert-OH is 1. The predicted molar refractivity (Wildman–Crippen MR) is 126 cm³/mol. The monoisotopic (exact) mass is 451 g/mol. The molecular weight excluding hydrogens is 426 g/mol. The van der Waals surface area contributed by atoms with Crippen LogP contribution in [0.3, 0.4) is 0 Å². The lowest BCUT2D eigenvalue weighted by Gasteiger charge is -2.19. The zero-order valence-electron chi connectivity index (χ0n) is 18.2. The van der Waals surface area contributed by atoms with E-state index in [0.29, 0.717) is 47.3 Å². The van der Waals surface area contributed by atoms with E-state index in [9.17, 15) is 5.11 Å². The number of ether oxygens (including phenoxy) is 3. The summed E-state index contributed by atoms with van der Waals surface area (Å²) in [6.45, 7) is 0.884. The molecule has 0 saturated heterocycles. The van der Waals surface area contributed by atoms with Gasteiger partial charge in [0.05, 0.1) is 39.1 Å². The summed E-state index contributed by atoms with van der Waals surface area (Å²) in [5.41, 5.74) is 3.05. The van der Waals surface area contributed by atoms with Crippen LogP contribution in [0, 0.1) is 5.41 Å². The maximum absolute atomic E-state index is 10.6. The molecule has 0 amide bonds. The minimum absolute atomic E-state index is 0.161. The van der Waals surface area contributed by atoms with Crippen molar-refractivity contribution in [2.45, 2.75) is 6.42 Å². The SMILES string of the molecule is COc1ccc(OC)c(-c2csc(C3=C(O)CN(CCc4ccccc4OC)C3=N)n2)c1. The molecular formula is C24H25N3O4S. The van der Waals surface area contributed by atoms with Crippen LogP contribution in [-0.2, 0) is 6.42 Å². The van der Waals surface area contributed by atoms with Crippen molar-refractivity contribution < 1.29 is 19.3 Å². The van der Waals surface area contributed by atoms with Gasteiger partial charge in [-0.1, -0.05) is 18.2 Å². The van der Waals surface area contributed by atoms with Gasteiger partial charge in [0.25, 0.3) is 0 Å². The number of rotatable bonds is 8. The molecule has 2 N–H and O–H groups in total. The summed E-state index contributed by atoms with van der Waals surface area (Å²) >= 11 is 1.39. The van der Waals surface area contributed by atoms with Gasteiger partial charge in [0.1, 0.15) is 33.9 Å². The average Bonchev–Trinajstić information content (AvgIpc) is 3.41. The lowest BCUT2D eigenvalue weighted by Crippen LogP contribution is -2.28. The number of para-hydroxylation sites is 1. The molecule has 0 bridgehead atoms. The second-order valence-electron chi connectivity index (χ2n) is 7.26. The van der Waals surface area contributed by atoms with E-state index in [-0.39, 0.29) is 11.6 Å². The molecule has 0 spiro atoms. The number of aromatic nitrogens is 1. The van der Waals surface area contributed by atoms with Crippen LogP contribution in [0.25, 0.3) is 16.8 Å². The smallest absolute Gasteiger partial charge is 0.135 e. The molecule has 2 heterocycles. The van der Waals surface area contributed by atoms with Crippen molar-refractivity contribution in [2.75, 3.05) is 34.4 Å². The topological polar surface area (TPSA) is 87.9 Å². The van der Waals surface area contributed by atoms with Crippen molar-refractivity contribution in [2.24, 2.45) is 0 Å². The summed E-state index contributed by atoms with van der Waals surface area (Å²) in [7, 11) is 4.87. The van der Waals surface area contributed by atoms with Crippen molar-refractivity contribution in [1.29, 1.82) is 5.41 Å². The van der Waals surface area contributed by atoms with Crippen molar-refractivity contribution in [3.63, 3.8) is 0 Å². The van der Waals surface area contributed by atoms with Gasteiger partial charge in [-0.25, -0.2) is 4.98 Å². The zero-order chi connectivity index (χ0) is 22.7. The Kier molecular flexibility index (Phi) is 6.32. The second kappa shape index (κ2) is 9.32. The van der Waals surface area contributed by atoms with Gasteiger partial charge in [-0.15, -0.1) is 11.3 Å². The first-order valence-electron chi connectivity index (χ1n) is 10.1. The van der Waals surface area contributed by atoms with Crippen molar-refractivity contribution in [1.82, 2.24) is 9.88 Å². The molecule has 1 aliphatic heterocycles. The van der Waals surface area contributed by atoms with Gasteiger partial charge in [-0.2, -0.15) is 0 Å². The minimum Gasteiger partial charge on any atom is -0.510 e. The Morgan fingerprint density at radius 2 is 1.84 bits per heavy atom. The number of amidine groups is 1. The summed E-state index contributed by atoms with van der Waals surface area (Å²) in [6.07, 6.45) is 0.705. The second-order valence-corrected chi connectivity index (χ2v) is 8.12. The van der Waals surface area contributed by atoms with E-state index in [2.05, 4.69) is 0 Å². The van der Waals surface area contributed by atoms with E-state index >= 15 is 0 Å². The summed E-state index contributed by atoms with van der Waals surface area (Å²) < 4.78 is 16.2. The van der Waals surface area contributed by atoms with Crippen molar-refractivity contribution in [3.05, 3.63) is 64.2 Å². The Morgan fingerprint density at radius 1 is 1.06 bits per heavy atom. The molecule has 2 aromatic carbocycles. The number of aliphatic hydroxyl groups is 1. The number of thiazole rings is 1. The molecule has 0 fully saturated rings. The molecule has 0 radical (unpaired) electrons. The van der Waals surface area contributed by atoms with Crippen LogP contribution in [0.5, 0.6) is 17.2 Å². The maximum atomic E-state index is 10.6. The van der Waals surface area contributed by atoms with Gasteiger partial charge in [0.15, 0.2) is 0 Å². The predicted octanol–water partition coefficient (Wildman–Crippen LogP) is 4.64. The fourth-order valence-corrected chi connectivity index (χ4v) is 4.63. The van der Waals surface area contributed by atoms with Gasteiger partial charge in [-0.3, -0.25) is 5.41 Å². The molecule has 166 valence electrons. The van der Waals surface area contributed by atoms with E-state index in [1.807, 2.05) is 52.7 Å². The highest BCUT2D eigenvalue weighted by Crippen LogP contribution is 2.37. The van der Waals surface area contributed by atoms with Crippen LogP contribution in [0.15, 0.2) is 53.6 Å². The molecule has 0 atom stereocenters. The van der Waals surface area contributed by atoms with Crippen LogP contribution < -0.4 is 14.2 Å². The lowest BCUT2D eigenvalue weighted by atomic mass is 10.1. The van der Waals surface area contributed by atoms with Crippen LogP contribution in [-0.4, -0.2) is 55.2 Å². The zero-order valence-corrected chi connectivity index (χ0v) is 19.0. The summed E-state index contributed by atoms with van der Waals surface area (Å²) in [6, 6.07) is 13.4. The van der Waals surface area contributed by atoms with Gasteiger partial charge < -0.3 is 24.2 Å². The van der Waals surface area contributed by atoms with Gasteiger partial charge >= 0.3 is 0 Å². The largest absolute Gasteiger partial charge is 0.510 e. The number of nitrogens with one attached hydrogen (secondary N) is 1. The summed E-state index contributed by atoms with van der Waals surface area (Å²) in [4.78, 5) is 6.56. The fraction of sp³-hybridized carbons (Fsp3) is 0.250. The van der Waals surface area contributed by atoms with Crippen molar-refractivity contribution >= 4 is 22.7 Å². The van der Waals surface area contributed by atoms with E-state index in [1.165, 1.54) is 11.3 Å². The number of benzene rings is 2. The third-order valence-electron chi connectivity index (χ3n) is 5.43. The summed E-state index contributed by atoms with van der Waals surface area (Å²) in [5, 5.41) is 21.8.